The highest BCUT2D eigenvalue weighted by atomic mass is 32.2. The van der Waals surface area contributed by atoms with Gasteiger partial charge >= 0.3 is 0 Å². The van der Waals surface area contributed by atoms with Gasteiger partial charge in [0, 0.05) is 5.69 Å². The Balaban J connectivity index is 2.50. The van der Waals surface area contributed by atoms with Gasteiger partial charge in [-0.25, -0.2) is 9.97 Å². The molecule has 0 bridgehead atoms. The van der Waals surface area contributed by atoms with Gasteiger partial charge in [-0.3, -0.25) is 0 Å². The molecule has 2 aromatic rings. The molecule has 0 aliphatic carbocycles. The number of rotatable bonds is 3. The van der Waals surface area contributed by atoms with Gasteiger partial charge in [-0.2, -0.15) is 0 Å². The molecule has 3 N–H and O–H groups in total. The number of oxime groups is 1. The van der Waals surface area contributed by atoms with E-state index in [9.17, 15) is 0 Å². The lowest BCUT2D eigenvalue weighted by atomic mass is 10.1. The van der Waals surface area contributed by atoms with E-state index in [1.807, 2.05) is 19.9 Å². The normalized spacial score (nSPS) is 11.8. The molecular weight excluding hydrogens is 252 g/mol. The Hall–Kier alpha value is -2.02. The van der Waals surface area contributed by atoms with Gasteiger partial charge in [0.05, 0.1) is 11.8 Å². The molecule has 94 valence electrons. The molecule has 2 rings (SSSR count). The topological polar surface area (TPSA) is 97.5 Å². The Labute approximate surface area is 108 Å². The molecule has 0 saturated heterocycles. The van der Waals surface area contributed by atoms with Crippen molar-refractivity contribution in [2.24, 2.45) is 10.9 Å². The fraction of sp³-hybridized carbons (Fsp3) is 0.182. The third-order valence-corrected chi connectivity index (χ3v) is 3.13. The minimum Gasteiger partial charge on any atom is -0.440 e. The van der Waals surface area contributed by atoms with Gasteiger partial charge in [0.1, 0.15) is 11.3 Å². The molecule has 0 aromatic carbocycles. The molecule has 2 heterocycles. The van der Waals surface area contributed by atoms with Crippen LogP contribution in [-0.2, 0) is 0 Å². The van der Waals surface area contributed by atoms with E-state index in [0.717, 1.165) is 11.3 Å². The first-order valence-electron chi connectivity index (χ1n) is 5.15. The summed E-state index contributed by atoms with van der Waals surface area (Å²) in [4.78, 5) is 8.38. The third kappa shape index (κ3) is 2.45. The van der Waals surface area contributed by atoms with Crippen LogP contribution in [0.5, 0.6) is 0 Å². The molecule has 0 atom stereocenters. The van der Waals surface area contributed by atoms with Crippen LogP contribution in [0.3, 0.4) is 0 Å². The van der Waals surface area contributed by atoms with Gasteiger partial charge in [-0.05, 0) is 37.2 Å². The zero-order chi connectivity index (χ0) is 13.1. The van der Waals surface area contributed by atoms with Gasteiger partial charge in [-0.1, -0.05) is 5.16 Å². The van der Waals surface area contributed by atoms with E-state index < -0.39 is 0 Å². The summed E-state index contributed by atoms with van der Waals surface area (Å²) in [6.45, 7) is 3.75. The number of pyridine rings is 1. The second kappa shape index (κ2) is 5.09. The van der Waals surface area contributed by atoms with Crippen LogP contribution in [0.4, 0.5) is 0 Å². The summed E-state index contributed by atoms with van der Waals surface area (Å²) in [5.41, 5.74) is 7.98. The monoisotopic (exact) mass is 264 g/mol. The van der Waals surface area contributed by atoms with Gasteiger partial charge in [0.15, 0.2) is 5.84 Å². The maximum absolute atomic E-state index is 8.82. The van der Waals surface area contributed by atoms with Crippen molar-refractivity contribution in [1.29, 1.82) is 0 Å². The Morgan fingerprint density at radius 3 is 2.89 bits per heavy atom. The highest BCUT2D eigenvalue weighted by Crippen LogP contribution is 2.29. The van der Waals surface area contributed by atoms with E-state index in [2.05, 4.69) is 15.1 Å². The van der Waals surface area contributed by atoms with Crippen LogP contribution >= 0.6 is 11.8 Å². The molecule has 0 amide bonds. The summed E-state index contributed by atoms with van der Waals surface area (Å²) >= 11 is 1.23. The van der Waals surface area contributed by atoms with Crippen molar-refractivity contribution < 1.29 is 9.62 Å². The number of amidine groups is 1. The number of hydrogen-bond acceptors (Lipinski definition) is 6. The molecule has 7 heteroatoms. The van der Waals surface area contributed by atoms with Crippen molar-refractivity contribution in [2.45, 2.75) is 24.1 Å². The average Bonchev–Trinajstić information content (AvgIpc) is 2.80. The van der Waals surface area contributed by atoms with Crippen molar-refractivity contribution >= 4 is 17.6 Å². The highest BCUT2D eigenvalue weighted by molar-refractivity contribution is 7.99. The molecule has 0 fully saturated rings. The summed E-state index contributed by atoms with van der Waals surface area (Å²) in [5.74, 6) is 0.0223. The molecule has 0 unspecified atom stereocenters. The van der Waals surface area contributed by atoms with E-state index in [1.54, 1.807) is 6.20 Å². The van der Waals surface area contributed by atoms with E-state index in [4.69, 9.17) is 15.4 Å². The predicted molar refractivity (Wildman–Crippen MR) is 66.8 cm³/mol. The molecule has 2 aromatic heterocycles. The van der Waals surface area contributed by atoms with E-state index >= 15 is 0 Å². The van der Waals surface area contributed by atoms with Crippen molar-refractivity contribution in [3.63, 3.8) is 0 Å². The summed E-state index contributed by atoms with van der Waals surface area (Å²) < 4.78 is 5.15. The first-order chi connectivity index (χ1) is 8.61. The van der Waals surface area contributed by atoms with Gasteiger partial charge in [-0.15, -0.1) is 0 Å². The summed E-state index contributed by atoms with van der Waals surface area (Å²) in [6.07, 6.45) is 3.03. The fourth-order valence-electron chi connectivity index (χ4n) is 1.58. The minimum atomic E-state index is 0.0223. The first kappa shape index (κ1) is 12.4. The summed E-state index contributed by atoms with van der Waals surface area (Å²) in [6, 6.07) is 1.87. The molecular formula is C11H12N4O2S. The lowest BCUT2D eigenvalue weighted by Gasteiger charge is -2.09. The molecule has 6 nitrogen and oxygen atoms in total. The lowest BCUT2D eigenvalue weighted by molar-refractivity contribution is 0.318. The number of oxazole rings is 1. The maximum Gasteiger partial charge on any atom is 0.261 e. The predicted octanol–water partition coefficient (Wildman–Crippen LogP) is 1.93. The van der Waals surface area contributed by atoms with Crippen LogP contribution in [0.15, 0.2) is 38.3 Å². The summed E-state index contributed by atoms with van der Waals surface area (Å²) in [5, 5.41) is 12.9. The quantitative estimate of drug-likeness (QED) is 0.380. The van der Waals surface area contributed by atoms with Gasteiger partial charge < -0.3 is 15.4 Å². The van der Waals surface area contributed by atoms with Crippen LogP contribution in [0, 0.1) is 13.8 Å². The van der Waals surface area contributed by atoms with Crippen LogP contribution in [0.2, 0.25) is 0 Å². The van der Waals surface area contributed by atoms with E-state index in [1.165, 1.54) is 18.0 Å². The number of aromatic nitrogens is 2. The first-order valence-corrected chi connectivity index (χ1v) is 5.97. The fourth-order valence-corrected chi connectivity index (χ4v) is 2.52. The minimum absolute atomic E-state index is 0.0223. The van der Waals surface area contributed by atoms with Crippen molar-refractivity contribution in [3.05, 3.63) is 35.3 Å². The summed E-state index contributed by atoms with van der Waals surface area (Å²) in [7, 11) is 0. The molecule has 0 radical (unpaired) electrons. The SMILES string of the molecule is Cc1cc(C)c(/C(N)=N/O)c(Sc2ncco2)n1. The molecule has 0 spiro atoms. The number of aryl methyl sites for hydroxylation is 2. The smallest absolute Gasteiger partial charge is 0.261 e. The van der Waals surface area contributed by atoms with Crippen LogP contribution in [0.25, 0.3) is 0 Å². The Bertz CT molecular complexity index is 581. The number of nitrogens with two attached hydrogens (primary N) is 1. The van der Waals surface area contributed by atoms with E-state index in [-0.39, 0.29) is 5.84 Å². The Kier molecular flexibility index (Phi) is 3.52. The number of hydrogen-bond donors (Lipinski definition) is 2. The third-order valence-electron chi connectivity index (χ3n) is 2.27. The van der Waals surface area contributed by atoms with Crippen LogP contribution in [-0.4, -0.2) is 21.0 Å². The van der Waals surface area contributed by atoms with E-state index in [0.29, 0.717) is 15.8 Å². The Morgan fingerprint density at radius 2 is 2.28 bits per heavy atom. The van der Waals surface area contributed by atoms with Crippen LogP contribution < -0.4 is 5.73 Å². The largest absolute Gasteiger partial charge is 0.440 e. The second-order valence-electron chi connectivity index (χ2n) is 3.65. The lowest BCUT2D eigenvalue weighted by Crippen LogP contribution is -2.17. The molecule has 0 aliphatic heterocycles. The van der Waals surface area contributed by atoms with Crippen molar-refractivity contribution in [1.82, 2.24) is 9.97 Å². The van der Waals surface area contributed by atoms with Crippen molar-refractivity contribution in [2.75, 3.05) is 0 Å². The zero-order valence-corrected chi connectivity index (χ0v) is 10.7. The van der Waals surface area contributed by atoms with Gasteiger partial charge in [0.25, 0.3) is 5.22 Å². The molecule has 0 aliphatic rings. The zero-order valence-electron chi connectivity index (χ0n) is 9.91. The van der Waals surface area contributed by atoms with Crippen molar-refractivity contribution in [3.8, 4) is 0 Å². The number of nitrogens with zero attached hydrogens (tertiary/aromatic N) is 3. The maximum atomic E-state index is 8.82. The second-order valence-corrected chi connectivity index (χ2v) is 4.59. The standard InChI is InChI=1S/C11H12N4O2S/c1-6-5-7(2)14-10(8(6)9(12)15-16)18-11-13-3-4-17-11/h3-5,16H,1-2H3,(H2,12,15). The molecule has 0 saturated carbocycles. The molecule has 18 heavy (non-hydrogen) atoms. The Morgan fingerprint density at radius 1 is 1.50 bits per heavy atom. The van der Waals surface area contributed by atoms with Crippen LogP contribution in [0.1, 0.15) is 16.8 Å². The highest BCUT2D eigenvalue weighted by Gasteiger charge is 2.16. The van der Waals surface area contributed by atoms with Gasteiger partial charge in [0.2, 0.25) is 0 Å². The average molecular weight is 264 g/mol.